The van der Waals surface area contributed by atoms with Gasteiger partial charge in [0.15, 0.2) is 5.76 Å². The number of hydrogen-bond donors (Lipinski definition) is 1. The number of carbonyl (C=O) groups is 2. The van der Waals surface area contributed by atoms with E-state index in [4.69, 9.17) is 9.52 Å². The fraction of sp³-hybridized carbons (Fsp3) is 0.500. The maximum atomic E-state index is 12.2. The molecule has 0 bridgehead atoms. The van der Waals surface area contributed by atoms with E-state index in [1.54, 1.807) is 13.0 Å². The van der Waals surface area contributed by atoms with Gasteiger partial charge in [-0.05, 0) is 32.3 Å². The maximum absolute atomic E-state index is 12.2. The first-order chi connectivity index (χ1) is 8.11. The third kappa shape index (κ3) is 2.18. The Labute approximate surface area is 99.0 Å². The molecule has 1 amide bonds. The van der Waals surface area contributed by atoms with E-state index in [1.165, 1.54) is 11.2 Å². The minimum Gasteiger partial charge on any atom is -0.480 e. The van der Waals surface area contributed by atoms with Crippen LogP contribution in [0, 0.1) is 6.92 Å². The van der Waals surface area contributed by atoms with Crippen LogP contribution in [-0.4, -0.2) is 34.5 Å². The van der Waals surface area contributed by atoms with Gasteiger partial charge in [0.05, 0.1) is 6.26 Å². The van der Waals surface area contributed by atoms with Crippen molar-refractivity contribution in [2.45, 2.75) is 32.2 Å². The third-order valence-electron chi connectivity index (χ3n) is 3.11. The summed E-state index contributed by atoms with van der Waals surface area (Å²) in [5, 5.41) is 9.10. The number of amides is 1. The molecule has 0 radical (unpaired) electrons. The summed E-state index contributed by atoms with van der Waals surface area (Å²) in [5.41, 5.74) is 0.740. The zero-order valence-corrected chi connectivity index (χ0v) is 9.68. The van der Waals surface area contributed by atoms with Crippen molar-refractivity contribution in [3.63, 3.8) is 0 Å². The molecular formula is C12H15NO4. The molecule has 1 aromatic heterocycles. The fourth-order valence-corrected chi connectivity index (χ4v) is 2.15. The quantitative estimate of drug-likeness (QED) is 0.849. The van der Waals surface area contributed by atoms with Crippen LogP contribution >= 0.6 is 0 Å². The molecule has 0 spiro atoms. The van der Waals surface area contributed by atoms with E-state index in [2.05, 4.69) is 0 Å². The van der Waals surface area contributed by atoms with Gasteiger partial charge < -0.3 is 14.4 Å². The van der Waals surface area contributed by atoms with Crippen molar-refractivity contribution < 1.29 is 19.1 Å². The number of nitrogens with zero attached hydrogens (tertiary/aromatic N) is 1. The Morgan fingerprint density at radius 1 is 1.47 bits per heavy atom. The molecular weight excluding hydrogens is 222 g/mol. The van der Waals surface area contributed by atoms with E-state index >= 15 is 0 Å². The molecule has 0 unspecified atom stereocenters. The van der Waals surface area contributed by atoms with Crippen molar-refractivity contribution in [2.75, 3.05) is 6.54 Å². The summed E-state index contributed by atoms with van der Waals surface area (Å²) in [5.74, 6) is -1.01. The number of rotatable bonds is 2. The van der Waals surface area contributed by atoms with E-state index in [1.807, 2.05) is 0 Å². The van der Waals surface area contributed by atoms with Gasteiger partial charge in [0, 0.05) is 12.1 Å². The number of carboxylic acid groups (broad SMARTS) is 1. The summed E-state index contributed by atoms with van der Waals surface area (Å²) in [6.45, 7) is 2.26. The maximum Gasteiger partial charge on any atom is 0.326 e. The number of carbonyl (C=O) groups excluding carboxylic acids is 1. The lowest BCUT2D eigenvalue weighted by Gasteiger charge is -2.32. The van der Waals surface area contributed by atoms with Crippen LogP contribution in [0.1, 0.15) is 35.4 Å². The first-order valence-corrected chi connectivity index (χ1v) is 5.69. The van der Waals surface area contributed by atoms with Crippen molar-refractivity contribution in [1.82, 2.24) is 4.90 Å². The second-order valence-corrected chi connectivity index (χ2v) is 4.28. The molecule has 1 aromatic rings. The van der Waals surface area contributed by atoms with E-state index < -0.39 is 12.0 Å². The Bertz CT molecular complexity index is 437. The summed E-state index contributed by atoms with van der Waals surface area (Å²) < 4.78 is 5.12. The van der Waals surface area contributed by atoms with Crippen LogP contribution < -0.4 is 0 Å². The number of furan rings is 1. The van der Waals surface area contributed by atoms with Crippen molar-refractivity contribution in [3.8, 4) is 0 Å². The molecule has 0 aliphatic carbocycles. The highest BCUT2D eigenvalue weighted by Gasteiger charge is 2.34. The molecule has 1 aliphatic rings. The van der Waals surface area contributed by atoms with Gasteiger partial charge in [-0.2, -0.15) is 0 Å². The van der Waals surface area contributed by atoms with E-state index in [0.29, 0.717) is 13.0 Å². The molecule has 1 fully saturated rings. The first kappa shape index (κ1) is 11.7. The Balaban J connectivity index is 2.23. The zero-order valence-electron chi connectivity index (χ0n) is 9.68. The van der Waals surface area contributed by atoms with Gasteiger partial charge in [-0.25, -0.2) is 4.79 Å². The van der Waals surface area contributed by atoms with Crippen LogP contribution in [0.3, 0.4) is 0 Å². The average Bonchev–Trinajstić information content (AvgIpc) is 2.74. The van der Waals surface area contributed by atoms with Gasteiger partial charge in [0.25, 0.3) is 5.91 Å². The third-order valence-corrected chi connectivity index (χ3v) is 3.11. The number of likely N-dealkylation sites (tertiary alicyclic amines) is 1. The largest absolute Gasteiger partial charge is 0.480 e. The Kier molecular flexibility index (Phi) is 3.17. The minimum absolute atomic E-state index is 0.248. The molecule has 17 heavy (non-hydrogen) atoms. The van der Waals surface area contributed by atoms with Crippen molar-refractivity contribution in [1.29, 1.82) is 0 Å². The van der Waals surface area contributed by atoms with Crippen LogP contribution in [0.25, 0.3) is 0 Å². The lowest BCUT2D eigenvalue weighted by Crippen LogP contribution is -2.48. The first-order valence-electron chi connectivity index (χ1n) is 5.69. The smallest absolute Gasteiger partial charge is 0.326 e. The SMILES string of the molecule is Cc1ccoc1C(=O)N1CCCC[C@@H]1C(=O)O. The van der Waals surface area contributed by atoms with E-state index in [0.717, 1.165) is 18.4 Å². The molecule has 1 N–H and O–H groups in total. The molecule has 92 valence electrons. The average molecular weight is 237 g/mol. The van der Waals surface area contributed by atoms with Crippen LogP contribution in [0.5, 0.6) is 0 Å². The normalized spacial score (nSPS) is 20.3. The van der Waals surface area contributed by atoms with E-state index in [-0.39, 0.29) is 11.7 Å². The monoisotopic (exact) mass is 237 g/mol. The summed E-state index contributed by atoms with van der Waals surface area (Å²) in [7, 11) is 0. The number of hydrogen-bond acceptors (Lipinski definition) is 3. The predicted octanol–water partition coefficient (Wildman–Crippen LogP) is 1.67. The fourth-order valence-electron chi connectivity index (χ4n) is 2.15. The van der Waals surface area contributed by atoms with Crippen LogP contribution in [0.4, 0.5) is 0 Å². The van der Waals surface area contributed by atoms with Gasteiger partial charge in [0.1, 0.15) is 6.04 Å². The predicted molar refractivity (Wildman–Crippen MR) is 59.8 cm³/mol. The van der Waals surface area contributed by atoms with Crippen LogP contribution in [0.15, 0.2) is 16.7 Å². The summed E-state index contributed by atoms with van der Waals surface area (Å²) in [6, 6.07) is 0.980. The van der Waals surface area contributed by atoms with Crippen LogP contribution in [0.2, 0.25) is 0 Å². The molecule has 1 atom stereocenters. The number of piperidine rings is 1. The van der Waals surface area contributed by atoms with Gasteiger partial charge in [-0.3, -0.25) is 4.79 Å². The Morgan fingerprint density at radius 2 is 2.24 bits per heavy atom. The molecule has 2 heterocycles. The van der Waals surface area contributed by atoms with E-state index in [9.17, 15) is 9.59 Å². The van der Waals surface area contributed by atoms with Gasteiger partial charge >= 0.3 is 5.97 Å². The molecule has 2 rings (SSSR count). The van der Waals surface area contributed by atoms with Gasteiger partial charge in [0.2, 0.25) is 0 Å². The molecule has 0 saturated carbocycles. The second kappa shape index (κ2) is 4.61. The Hall–Kier alpha value is -1.78. The number of aliphatic carboxylic acids is 1. The van der Waals surface area contributed by atoms with Crippen molar-refractivity contribution in [3.05, 3.63) is 23.7 Å². The second-order valence-electron chi connectivity index (χ2n) is 4.28. The molecule has 0 aromatic carbocycles. The summed E-state index contributed by atoms with van der Waals surface area (Å²) in [4.78, 5) is 24.7. The van der Waals surface area contributed by atoms with Crippen LogP contribution in [-0.2, 0) is 4.79 Å². The molecule has 1 aliphatic heterocycles. The lowest BCUT2D eigenvalue weighted by molar-refractivity contribution is -0.143. The highest BCUT2D eigenvalue weighted by Crippen LogP contribution is 2.21. The van der Waals surface area contributed by atoms with Gasteiger partial charge in [-0.1, -0.05) is 0 Å². The van der Waals surface area contributed by atoms with Gasteiger partial charge in [-0.15, -0.1) is 0 Å². The number of aryl methyl sites for hydroxylation is 1. The summed E-state index contributed by atoms with van der Waals surface area (Å²) >= 11 is 0. The Morgan fingerprint density at radius 3 is 2.82 bits per heavy atom. The molecule has 1 saturated heterocycles. The topological polar surface area (TPSA) is 70.8 Å². The standard InChI is InChI=1S/C12H15NO4/c1-8-5-7-17-10(8)11(14)13-6-3-2-4-9(13)12(15)16/h5,7,9H,2-4,6H2,1H3,(H,15,16)/t9-/m1/s1. The summed E-state index contributed by atoms with van der Waals surface area (Å²) in [6.07, 6.45) is 3.65. The molecule has 5 nitrogen and oxygen atoms in total. The lowest BCUT2D eigenvalue weighted by atomic mass is 10.0. The molecule has 5 heteroatoms. The highest BCUT2D eigenvalue weighted by molar-refractivity contribution is 5.95. The number of carboxylic acids is 1. The minimum atomic E-state index is -0.942. The van der Waals surface area contributed by atoms with Crippen molar-refractivity contribution in [2.24, 2.45) is 0 Å². The highest BCUT2D eigenvalue weighted by atomic mass is 16.4. The van der Waals surface area contributed by atoms with Crippen molar-refractivity contribution >= 4 is 11.9 Å². The zero-order chi connectivity index (χ0) is 12.4.